The number of benzene rings is 2. The molecule has 8 heteroatoms. The third-order valence-electron chi connectivity index (χ3n) is 4.57. The second-order valence-electron chi connectivity index (χ2n) is 6.60. The number of hydrogen-bond acceptors (Lipinski definition) is 3. The fourth-order valence-corrected chi connectivity index (χ4v) is 3.08. The van der Waals surface area contributed by atoms with Crippen molar-refractivity contribution >= 4 is 22.6 Å². The van der Waals surface area contributed by atoms with Gasteiger partial charge in [-0.25, -0.2) is 0 Å². The van der Waals surface area contributed by atoms with Crippen LogP contribution in [0.4, 0.5) is 19.0 Å². The van der Waals surface area contributed by atoms with E-state index in [-0.39, 0.29) is 12.3 Å². The molecule has 1 N–H and O–H groups in total. The molecular formula is C21H16F3N3O2. The summed E-state index contributed by atoms with van der Waals surface area (Å²) in [5, 5.41) is 7.93. The van der Waals surface area contributed by atoms with Gasteiger partial charge in [-0.15, -0.1) is 0 Å². The average molecular weight is 399 g/mol. The van der Waals surface area contributed by atoms with E-state index in [9.17, 15) is 18.0 Å². The summed E-state index contributed by atoms with van der Waals surface area (Å²) < 4.78 is 45.1. The summed E-state index contributed by atoms with van der Waals surface area (Å²) in [4.78, 5) is 12.5. The van der Waals surface area contributed by atoms with Gasteiger partial charge in [-0.2, -0.15) is 18.3 Å². The molecule has 0 saturated carbocycles. The van der Waals surface area contributed by atoms with Crippen LogP contribution in [0.1, 0.15) is 27.2 Å². The Hall–Kier alpha value is -3.55. The van der Waals surface area contributed by atoms with Crippen molar-refractivity contribution in [3.05, 3.63) is 83.3 Å². The second kappa shape index (κ2) is 7.12. The first-order chi connectivity index (χ1) is 13.8. The molecule has 0 radical (unpaired) electrons. The Kier molecular flexibility index (Phi) is 4.62. The fourth-order valence-electron chi connectivity index (χ4n) is 3.08. The molecule has 0 unspecified atom stereocenters. The van der Waals surface area contributed by atoms with Crippen LogP contribution in [0.3, 0.4) is 0 Å². The Labute approximate surface area is 163 Å². The fraction of sp³-hybridized carbons (Fsp3) is 0.143. The highest BCUT2D eigenvalue weighted by Crippen LogP contribution is 2.30. The van der Waals surface area contributed by atoms with Crippen LogP contribution in [-0.4, -0.2) is 15.7 Å². The number of fused-ring (bicyclic) bond motifs is 1. The predicted molar refractivity (Wildman–Crippen MR) is 102 cm³/mol. The molecule has 0 spiro atoms. The summed E-state index contributed by atoms with van der Waals surface area (Å²) in [6, 6.07) is 13.9. The van der Waals surface area contributed by atoms with Gasteiger partial charge in [0.05, 0.1) is 23.9 Å². The summed E-state index contributed by atoms with van der Waals surface area (Å²) >= 11 is 0. The first-order valence-corrected chi connectivity index (χ1v) is 8.80. The molecule has 2 heterocycles. The number of hydrogen-bond donors (Lipinski definition) is 1. The van der Waals surface area contributed by atoms with Crippen molar-refractivity contribution in [1.29, 1.82) is 0 Å². The molecule has 148 valence electrons. The number of para-hydroxylation sites is 1. The van der Waals surface area contributed by atoms with E-state index in [0.29, 0.717) is 16.9 Å². The minimum Gasteiger partial charge on any atom is -0.459 e. The zero-order valence-corrected chi connectivity index (χ0v) is 15.3. The van der Waals surface area contributed by atoms with Gasteiger partial charge < -0.3 is 9.73 Å². The van der Waals surface area contributed by atoms with Gasteiger partial charge in [0.2, 0.25) is 0 Å². The van der Waals surface area contributed by atoms with Crippen LogP contribution >= 0.6 is 0 Å². The zero-order chi connectivity index (χ0) is 20.6. The Morgan fingerprint density at radius 3 is 2.48 bits per heavy atom. The first-order valence-electron chi connectivity index (χ1n) is 8.80. The van der Waals surface area contributed by atoms with E-state index in [1.165, 1.54) is 18.4 Å². The van der Waals surface area contributed by atoms with E-state index in [0.717, 1.165) is 23.0 Å². The number of aromatic nitrogens is 2. The van der Waals surface area contributed by atoms with Gasteiger partial charge >= 0.3 is 6.18 Å². The minimum absolute atomic E-state index is 0.200. The number of alkyl halides is 3. The lowest BCUT2D eigenvalue weighted by atomic mass is 10.1. The quantitative estimate of drug-likeness (QED) is 0.509. The molecule has 0 bridgehead atoms. The summed E-state index contributed by atoms with van der Waals surface area (Å²) in [6.07, 6.45) is -2.94. The average Bonchev–Trinajstić information content (AvgIpc) is 3.26. The maximum atomic E-state index is 12.8. The summed E-state index contributed by atoms with van der Waals surface area (Å²) in [5.41, 5.74) is 1.41. The Bertz CT molecular complexity index is 1170. The molecular weight excluding hydrogens is 383 g/mol. The largest absolute Gasteiger partial charge is 0.459 e. The number of carbonyl (C=O) groups is 1. The number of carbonyl (C=O) groups excluding carboxylic acids is 1. The molecule has 4 rings (SSSR count). The SMILES string of the molecule is Cc1ccoc1C(=O)Nc1nn(Cc2ccc(C(F)(F)F)cc2)c2ccccc12. The minimum atomic E-state index is -4.38. The highest BCUT2D eigenvalue weighted by atomic mass is 19.4. The van der Waals surface area contributed by atoms with E-state index < -0.39 is 17.6 Å². The van der Waals surface area contributed by atoms with Crippen molar-refractivity contribution in [2.24, 2.45) is 0 Å². The number of nitrogens with zero attached hydrogens (tertiary/aromatic N) is 2. The molecule has 4 aromatic rings. The topological polar surface area (TPSA) is 60.1 Å². The van der Waals surface area contributed by atoms with Crippen LogP contribution in [0.2, 0.25) is 0 Å². The van der Waals surface area contributed by atoms with Gasteiger partial charge in [-0.1, -0.05) is 24.3 Å². The van der Waals surface area contributed by atoms with E-state index in [4.69, 9.17) is 4.42 Å². The van der Waals surface area contributed by atoms with Crippen LogP contribution in [0.25, 0.3) is 10.9 Å². The molecule has 0 aliphatic rings. The Morgan fingerprint density at radius 1 is 1.10 bits per heavy atom. The summed E-state index contributed by atoms with van der Waals surface area (Å²) in [5.74, 6) is 0.136. The van der Waals surface area contributed by atoms with Crippen LogP contribution in [0.15, 0.2) is 65.3 Å². The van der Waals surface area contributed by atoms with Crippen molar-refractivity contribution in [2.75, 3.05) is 5.32 Å². The number of anilines is 1. The van der Waals surface area contributed by atoms with E-state index >= 15 is 0 Å². The maximum absolute atomic E-state index is 12.8. The number of amides is 1. The monoisotopic (exact) mass is 399 g/mol. The second-order valence-corrected chi connectivity index (χ2v) is 6.60. The van der Waals surface area contributed by atoms with Gasteiger partial charge in [0.1, 0.15) is 0 Å². The Morgan fingerprint density at radius 2 is 1.83 bits per heavy atom. The van der Waals surface area contributed by atoms with Crippen LogP contribution in [0, 0.1) is 6.92 Å². The molecule has 2 aromatic heterocycles. The molecule has 1 amide bonds. The van der Waals surface area contributed by atoms with E-state index in [2.05, 4.69) is 10.4 Å². The standard InChI is InChI=1S/C21H16F3N3O2/c1-13-10-11-29-18(13)20(28)25-19-16-4-2-3-5-17(16)27(26-19)12-14-6-8-15(9-7-14)21(22,23)24/h2-11H,12H2,1H3,(H,25,26,28). The van der Waals surface area contributed by atoms with Crippen molar-refractivity contribution in [2.45, 2.75) is 19.6 Å². The van der Waals surface area contributed by atoms with Gasteiger partial charge in [0.15, 0.2) is 11.6 Å². The predicted octanol–water partition coefficient (Wildman–Crippen LogP) is 5.26. The molecule has 0 aliphatic heterocycles. The van der Waals surface area contributed by atoms with E-state index in [1.807, 2.05) is 24.3 Å². The summed E-state index contributed by atoms with van der Waals surface area (Å²) in [6.45, 7) is 2.02. The lowest BCUT2D eigenvalue weighted by molar-refractivity contribution is -0.137. The molecule has 0 saturated heterocycles. The van der Waals surface area contributed by atoms with Gasteiger partial charge in [-0.3, -0.25) is 9.48 Å². The number of nitrogens with one attached hydrogen (secondary N) is 1. The van der Waals surface area contributed by atoms with E-state index in [1.54, 1.807) is 17.7 Å². The molecule has 5 nitrogen and oxygen atoms in total. The first kappa shape index (κ1) is 18.8. The number of halogens is 3. The third-order valence-corrected chi connectivity index (χ3v) is 4.57. The van der Waals surface area contributed by atoms with Crippen molar-refractivity contribution in [3.8, 4) is 0 Å². The number of rotatable bonds is 4. The smallest absolute Gasteiger partial charge is 0.416 e. The van der Waals surface area contributed by atoms with Crippen LogP contribution < -0.4 is 5.32 Å². The normalized spacial score (nSPS) is 11.7. The number of furan rings is 1. The number of aryl methyl sites for hydroxylation is 1. The molecule has 2 aromatic carbocycles. The molecule has 0 aliphatic carbocycles. The zero-order valence-electron chi connectivity index (χ0n) is 15.3. The third kappa shape index (κ3) is 3.73. The van der Waals surface area contributed by atoms with Crippen molar-refractivity contribution in [3.63, 3.8) is 0 Å². The molecule has 29 heavy (non-hydrogen) atoms. The molecule has 0 fully saturated rings. The highest BCUT2D eigenvalue weighted by molar-refractivity contribution is 6.07. The van der Waals surface area contributed by atoms with Gasteiger partial charge in [-0.05, 0) is 42.8 Å². The maximum Gasteiger partial charge on any atom is 0.416 e. The van der Waals surface area contributed by atoms with Crippen molar-refractivity contribution in [1.82, 2.24) is 9.78 Å². The summed E-state index contributed by atoms with van der Waals surface area (Å²) in [7, 11) is 0. The van der Waals surface area contributed by atoms with Crippen molar-refractivity contribution < 1.29 is 22.4 Å². The molecule has 0 atom stereocenters. The van der Waals surface area contributed by atoms with Crippen LogP contribution in [0.5, 0.6) is 0 Å². The lowest BCUT2D eigenvalue weighted by Crippen LogP contribution is -2.13. The highest BCUT2D eigenvalue weighted by Gasteiger charge is 2.30. The van der Waals surface area contributed by atoms with Gasteiger partial charge in [0, 0.05) is 10.9 Å². The lowest BCUT2D eigenvalue weighted by Gasteiger charge is -2.08. The van der Waals surface area contributed by atoms with Crippen LogP contribution in [-0.2, 0) is 12.7 Å². The Balaban J connectivity index is 1.64. The van der Waals surface area contributed by atoms with Gasteiger partial charge in [0.25, 0.3) is 5.91 Å².